The molecule has 2 fully saturated rings. The van der Waals surface area contributed by atoms with Crippen molar-refractivity contribution in [3.8, 4) is 5.75 Å². The second-order valence-electron chi connectivity index (χ2n) is 7.24. The number of piperidine rings is 1. The van der Waals surface area contributed by atoms with Gasteiger partial charge in [-0.1, -0.05) is 6.07 Å². The van der Waals surface area contributed by atoms with Gasteiger partial charge in [-0.25, -0.2) is 0 Å². The van der Waals surface area contributed by atoms with Crippen LogP contribution in [0.1, 0.15) is 43.2 Å². The SMILES string of the molecule is O=CC[C@]12CCN(CC3CC3)C(Cc3ccc(O)cc31)C2. The molecule has 1 unspecified atom stereocenters. The van der Waals surface area contributed by atoms with Crippen LogP contribution in [0.15, 0.2) is 18.2 Å². The number of fused-ring (bicyclic) bond motifs is 4. The van der Waals surface area contributed by atoms with Crippen molar-refractivity contribution in [2.24, 2.45) is 5.92 Å². The number of hydrogen-bond acceptors (Lipinski definition) is 3. The third-order valence-corrected chi connectivity index (χ3v) is 5.80. The van der Waals surface area contributed by atoms with Gasteiger partial charge in [0.25, 0.3) is 0 Å². The first kappa shape index (κ1) is 13.3. The summed E-state index contributed by atoms with van der Waals surface area (Å²) < 4.78 is 0. The van der Waals surface area contributed by atoms with Gasteiger partial charge >= 0.3 is 0 Å². The number of rotatable bonds is 4. The predicted octanol–water partition coefficient (Wildman–Crippen LogP) is 2.65. The largest absolute Gasteiger partial charge is 0.508 e. The third kappa shape index (κ3) is 2.28. The fourth-order valence-corrected chi connectivity index (χ4v) is 4.49. The summed E-state index contributed by atoms with van der Waals surface area (Å²) in [5.74, 6) is 1.25. The first-order chi connectivity index (χ1) is 10.2. The fraction of sp³-hybridized carbons (Fsp3) is 0.611. The number of phenolic OH excluding ortho intramolecular Hbond substituents is 1. The van der Waals surface area contributed by atoms with E-state index >= 15 is 0 Å². The highest BCUT2D eigenvalue weighted by atomic mass is 16.3. The number of aldehydes is 1. The van der Waals surface area contributed by atoms with Crippen LogP contribution < -0.4 is 0 Å². The molecule has 2 atom stereocenters. The van der Waals surface area contributed by atoms with Gasteiger partial charge in [-0.3, -0.25) is 4.90 Å². The standard InChI is InChI=1S/C18H23NO2/c20-8-6-18-5-7-19(12-13-1-2-13)15(11-18)9-14-3-4-16(21)10-17(14)18/h3-4,8,10,13,15,21H,1-2,5-7,9,11-12H2/t15?,18-/m0/s1. The maximum Gasteiger partial charge on any atom is 0.120 e. The molecule has 21 heavy (non-hydrogen) atoms. The van der Waals surface area contributed by atoms with Crippen molar-refractivity contribution in [2.75, 3.05) is 13.1 Å². The van der Waals surface area contributed by atoms with Gasteiger partial charge < -0.3 is 9.90 Å². The Bertz CT molecular complexity index is 566. The molecule has 1 N–H and O–H groups in total. The zero-order valence-electron chi connectivity index (χ0n) is 12.4. The molecule has 0 spiro atoms. The lowest BCUT2D eigenvalue weighted by atomic mass is 9.62. The number of benzene rings is 1. The topological polar surface area (TPSA) is 40.5 Å². The van der Waals surface area contributed by atoms with Crippen LogP contribution in [0.4, 0.5) is 0 Å². The minimum absolute atomic E-state index is 0.0290. The minimum Gasteiger partial charge on any atom is -0.508 e. The van der Waals surface area contributed by atoms with Crippen molar-refractivity contribution in [1.82, 2.24) is 4.90 Å². The summed E-state index contributed by atoms with van der Waals surface area (Å²) in [5.41, 5.74) is 2.54. The van der Waals surface area contributed by atoms with E-state index in [9.17, 15) is 9.90 Å². The van der Waals surface area contributed by atoms with Crippen molar-refractivity contribution >= 4 is 6.29 Å². The second-order valence-corrected chi connectivity index (χ2v) is 7.24. The van der Waals surface area contributed by atoms with Crippen molar-refractivity contribution in [2.45, 2.75) is 50.0 Å². The highest BCUT2D eigenvalue weighted by Gasteiger charge is 2.46. The van der Waals surface area contributed by atoms with Gasteiger partial charge in [0.2, 0.25) is 0 Å². The molecular weight excluding hydrogens is 262 g/mol. The molecule has 1 aliphatic heterocycles. The van der Waals surface area contributed by atoms with Gasteiger partial charge in [-0.05, 0) is 67.8 Å². The first-order valence-corrected chi connectivity index (χ1v) is 8.20. The summed E-state index contributed by atoms with van der Waals surface area (Å²) >= 11 is 0. The van der Waals surface area contributed by atoms with E-state index in [1.165, 1.54) is 30.5 Å². The predicted molar refractivity (Wildman–Crippen MR) is 81.5 cm³/mol. The number of hydrogen-bond donors (Lipinski definition) is 1. The van der Waals surface area contributed by atoms with Crippen LogP contribution in [0.5, 0.6) is 5.75 Å². The smallest absolute Gasteiger partial charge is 0.120 e. The Kier molecular flexibility index (Phi) is 3.07. The molecule has 0 radical (unpaired) electrons. The number of carbonyl (C=O) groups is 1. The number of phenols is 1. The van der Waals surface area contributed by atoms with E-state index in [1.807, 2.05) is 6.07 Å². The van der Waals surface area contributed by atoms with E-state index < -0.39 is 0 Å². The van der Waals surface area contributed by atoms with Crippen LogP contribution in [-0.2, 0) is 16.6 Å². The van der Waals surface area contributed by atoms with Crippen LogP contribution in [0, 0.1) is 5.92 Å². The number of aromatic hydroxyl groups is 1. The Morgan fingerprint density at radius 3 is 3.00 bits per heavy atom. The zero-order valence-corrected chi connectivity index (χ0v) is 12.4. The van der Waals surface area contributed by atoms with E-state index in [0.29, 0.717) is 18.2 Å². The van der Waals surface area contributed by atoms with E-state index in [4.69, 9.17) is 0 Å². The van der Waals surface area contributed by atoms with Crippen molar-refractivity contribution in [1.29, 1.82) is 0 Å². The van der Waals surface area contributed by atoms with E-state index in [-0.39, 0.29) is 5.41 Å². The van der Waals surface area contributed by atoms with Crippen LogP contribution in [0.3, 0.4) is 0 Å². The quantitative estimate of drug-likeness (QED) is 0.865. The van der Waals surface area contributed by atoms with Gasteiger partial charge in [-0.15, -0.1) is 0 Å². The molecule has 2 bridgehead atoms. The summed E-state index contributed by atoms with van der Waals surface area (Å²) in [4.78, 5) is 13.9. The molecule has 3 heteroatoms. The minimum atomic E-state index is -0.0290. The molecule has 2 aliphatic carbocycles. The molecule has 0 amide bonds. The summed E-state index contributed by atoms with van der Waals surface area (Å²) in [6, 6.07) is 6.35. The number of carbonyl (C=O) groups excluding carboxylic acids is 1. The maximum absolute atomic E-state index is 11.3. The van der Waals surface area contributed by atoms with E-state index in [2.05, 4.69) is 11.0 Å². The molecular formula is C18H23NO2. The fourth-order valence-electron chi connectivity index (χ4n) is 4.49. The summed E-state index contributed by atoms with van der Waals surface area (Å²) in [7, 11) is 0. The number of likely N-dealkylation sites (tertiary alicyclic amines) is 1. The van der Waals surface area contributed by atoms with Crippen LogP contribution in [-0.4, -0.2) is 35.4 Å². The average Bonchev–Trinajstić information content (AvgIpc) is 3.28. The normalized spacial score (nSPS) is 31.7. The first-order valence-electron chi connectivity index (χ1n) is 8.20. The molecule has 112 valence electrons. The van der Waals surface area contributed by atoms with Gasteiger partial charge in [0.1, 0.15) is 12.0 Å². The van der Waals surface area contributed by atoms with Gasteiger partial charge in [0.15, 0.2) is 0 Å². The maximum atomic E-state index is 11.3. The Morgan fingerprint density at radius 2 is 2.24 bits per heavy atom. The van der Waals surface area contributed by atoms with E-state index in [0.717, 1.165) is 38.0 Å². The average molecular weight is 285 g/mol. The van der Waals surface area contributed by atoms with E-state index in [1.54, 1.807) is 6.07 Å². The summed E-state index contributed by atoms with van der Waals surface area (Å²) in [5, 5.41) is 9.85. The number of nitrogens with zero attached hydrogens (tertiary/aromatic N) is 1. The van der Waals surface area contributed by atoms with Gasteiger partial charge in [0, 0.05) is 24.4 Å². The highest BCUT2D eigenvalue weighted by molar-refractivity contribution is 5.56. The molecule has 4 rings (SSSR count). The molecule has 1 heterocycles. The van der Waals surface area contributed by atoms with Crippen molar-refractivity contribution in [3.63, 3.8) is 0 Å². The van der Waals surface area contributed by atoms with Crippen LogP contribution in [0.25, 0.3) is 0 Å². The lowest BCUT2D eigenvalue weighted by molar-refractivity contribution is -0.109. The van der Waals surface area contributed by atoms with Gasteiger partial charge in [-0.2, -0.15) is 0 Å². The lowest BCUT2D eigenvalue weighted by Crippen LogP contribution is -2.53. The summed E-state index contributed by atoms with van der Waals surface area (Å²) in [6.07, 6.45) is 7.66. The molecule has 3 nitrogen and oxygen atoms in total. The molecule has 1 aromatic rings. The highest BCUT2D eigenvalue weighted by Crippen LogP contribution is 2.48. The van der Waals surface area contributed by atoms with Crippen molar-refractivity contribution < 1.29 is 9.90 Å². The molecule has 3 aliphatic rings. The monoisotopic (exact) mass is 285 g/mol. The molecule has 1 saturated heterocycles. The Labute approximate surface area is 126 Å². The third-order valence-electron chi connectivity index (χ3n) is 5.80. The molecule has 1 aromatic carbocycles. The van der Waals surface area contributed by atoms with Crippen LogP contribution in [0.2, 0.25) is 0 Å². The molecule has 0 aromatic heterocycles. The lowest BCUT2D eigenvalue weighted by Gasteiger charge is -2.51. The second kappa shape index (κ2) is 4.84. The Hall–Kier alpha value is -1.35. The zero-order chi connectivity index (χ0) is 14.4. The van der Waals surface area contributed by atoms with Gasteiger partial charge in [0.05, 0.1) is 0 Å². The summed E-state index contributed by atoms with van der Waals surface area (Å²) in [6.45, 7) is 2.35. The Morgan fingerprint density at radius 1 is 1.38 bits per heavy atom. The molecule has 1 saturated carbocycles. The Balaban J connectivity index is 1.69. The van der Waals surface area contributed by atoms with Crippen LogP contribution >= 0.6 is 0 Å². The van der Waals surface area contributed by atoms with Crippen molar-refractivity contribution in [3.05, 3.63) is 29.3 Å².